The van der Waals surface area contributed by atoms with Gasteiger partial charge in [-0.05, 0) is 12.0 Å². The number of carbonyl (C=O) groups is 2. The third-order valence-corrected chi connectivity index (χ3v) is 2.44. The molecule has 1 saturated heterocycles. The molecule has 0 aromatic heterocycles. The fourth-order valence-electron chi connectivity index (χ4n) is 1.70. The molecule has 16 heavy (non-hydrogen) atoms. The molecule has 0 spiro atoms. The lowest BCUT2D eigenvalue weighted by Crippen LogP contribution is -2.39. The molecule has 1 unspecified atom stereocenters. The lowest BCUT2D eigenvalue weighted by Gasteiger charge is -2.20. The first-order valence-electron chi connectivity index (χ1n) is 5.66. The van der Waals surface area contributed by atoms with Gasteiger partial charge in [0.1, 0.15) is 0 Å². The third kappa shape index (κ3) is 2.92. The number of rotatable bonds is 1. The molecule has 0 aliphatic carbocycles. The van der Waals surface area contributed by atoms with Gasteiger partial charge < -0.3 is 0 Å². The molecule has 0 radical (unpaired) electrons. The van der Waals surface area contributed by atoms with Crippen LogP contribution in [0.15, 0.2) is 30.3 Å². The molecule has 88 valence electrons. The standard InChI is InChI=1S/C11H11NO2.C2H6.H2/c13-10-7-6-9(11(14)12-10)8-4-2-1-3-5-8;1-2;/h1-5,9H,6-7H2,(H,12,13,14);1-2H3;1H. The maximum Gasteiger partial charge on any atom is 0.234 e. The monoisotopic (exact) mass is 221 g/mol. The van der Waals surface area contributed by atoms with Crippen molar-refractivity contribution in [2.24, 2.45) is 0 Å². The Morgan fingerprint density at radius 1 is 1.19 bits per heavy atom. The topological polar surface area (TPSA) is 46.2 Å². The first kappa shape index (κ1) is 12.4. The fraction of sp³-hybridized carbons (Fsp3) is 0.385. The van der Waals surface area contributed by atoms with E-state index >= 15 is 0 Å². The Hall–Kier alpha value is -1.64. The zero-order valence-electron chi connectivity index (χ0n) is 9.69. The van der Waals surface area contributed by atoms with Gasteiger partial charge in [0.05, 0.1) is 5.92 Å². The second kappa shape index (κ2) is 6.05. The molecular formula is C13H19NO2. The van der Waals surface area contributed by atoms with Crippen LogP contribution < -0.4 is 5.32 Å². The Kier molecular flexibility index (Phi) is 4.70. The van der Waals surface area contributed by atoms with E-state index in [0.717, 1.165) is 5.56 Å². The van der Waals surface area contributed by atoms with E-state index in [1.54, 1.807) is 0 Å². The quantitative estimate of drug-likeness (QED) is 0.740. The summed E-state index contributed by atoms with van der Waals surface area (Å²) in [5.41, 5.74) is 0.984. The molecule has 0 saturated carbocycles. The van der Waals surface area contributed by atoms with Crippen molar-refractivity contribution in [1.29, 1.82) is 0 Å². The molecular weight excluding hydrogens is 202 g/mol. The molecule has 0 bridgehead atoms. The van der Waals surface area contributed by atoms with Crippen LogP contribution in [-0.2, 0) is 9.59 Å². The molecule has 1 atom stereocenters. The van der Waals surface area contributed by atoms with Crippen LogP contribution in [0, 0.1) is 0 Å². The maximum atomic E-state index is 11.5. The zero-order valence-corrected chi connectivity index (χ0v) is 9.69. The van der Waals surface area contributed by atoms with Crippen LogP contribution >= 0.6 is 0 Å². The summed E-state index contributed by atoms with van der Waals surface area (Å²) in [6.07, 6.45) is 1.06. The van der Waals surface area contributed by atoms with Gasteiger partial charge in [-0.15, -0.1) is 0 Å². The minimum absolute atomic E-state index is 0. The maximum absolute atomic E-state index is 11.5. The molecule has 1 heterocycles. The van der Waals surface area contributed by atoms with Crippen molar-refractivity contribution < 1.29 is 11.0 Å². The van der Waals surface area contributed by atoms with Crippen molar-refractivity contribution in [2.75, 3.05) is 0 Å². The van der Waals surface area contributed by atoms with Gasteiger partial charge in [0.15, 0.2) is 0 Å². The molecule has 1 fully saturated rings. The van der Waals surface area contributed by atoms with Crippen molar-refractivity contribution in [3.8, 4) is 0 Å². The SMILES string of the molecule is CC.O=C1CCC(c2ccccc2)C(=O)N1.[HH]. The van der Waals surface area contributed by atoms with E-state index in [9.17, 15) is 9.59 Å². The summed E-state index contributed by atoms with van der Waals surface area (Å²) in [7, 11) is 0. The van der Waals surface area contributed by atoms with Gasteiger partial charge in [-0.1, -0.05) is 44.2 Å². The lowest BCUT2D eigenvalue weighted by atomic mass is 9.91. The molecule has 1 aromatic carbocycles. The van der Waals surface area contributed by atoms with Gasteiger partial charge in [-0.25, -0.2) is 0 Å². The van der Waals surface area contributed by atoms with Gasteiger partial charge in [0, 0.05) is 7.85 Å². The highest BCUT2D eigenvalue weighted by molar-refractivity contribution is 6.00. The third-order valence-electron chi connectivity index (χ3n) is 2.44. The normalized spacial score (nSPS) is 19.5. The first-order chi connectivity index (χ1) is 7.77. The Balaban J connectivity index is 0.000000811. The number of amides is 2. The van der Waals surface area contributed by atoms with Crippen LogP contribution in [0.2, 0.25) is 0 Å². The van der Waals surface area contributed by atoms with Crippen molar-refractivity contribution in [1.82, 2.24) is 5.32 Å². The predicted molar refractivity (Wildman–Crippen MR) is 65.0 cm³/mol. The van der Waals surface area contributed by atoms with Crippen LogP contribution in [0.4, 0.5) is 0 Å². The summed E-state index contributed by atoms with van der Waals surface area (Å²) in [4.78, 5) is 22.4. The van der Waals surface area contributed by atoms with Gasteiger partial charge >= 0.3 is 0 Å². The summed E-state index contributed by atoms with van der Waals surface area (Å²) in [5, 5.41) is 2.35. The van der Waals surface area contributed by atoms with E-state index in [4.69, 9.17) is 0 Å². The first-order valence-corrected chi connectivity index (χ1v) is 5.66. The van der Waals surface area contributed by atoms with Gasteiger partial charge in [-0.3, -0.25) is 14.9 Å². The van der Waals surface area contributed by atoms with Crippen LogP contribution in [-0.4, -0.2) is 11.8 Å². The van der Waals surface area contributed by atoms with E-state index < -0.39 is 0 Å². The number of benzene rings is 1. The van der Waals surface area contributed by atoms with Crippen molar-refractivity contribution in [2.45, 2.75) is 32.6 Å². The van der Waals surface area contributed by atoms with Crippen molar-refractivity contribution in [3.05, 3.63) is 35.9 Å². The predicted octanol–water partition coefficient (Wildman–Crippen LogP) is 2.48. The highest BCUT2D eigenvalue weighted by atomic mass is 16.2. The molecule has 3 nitrogen and oxygen atoms in total. The number of hydrogen-bond donors (Lipinski definition) is 1. The van der Waals surface area contributed by atoms with Crippen LogP contribution in [0.5, 0.6) is 0 Å². The van der Waals surface area contributed by atoms with Crippen LogP contribution in [0.25, 0.3) is 0 Å². The van der Waals surface area contributed by atoms with Gasteiger partial charge in [-0.2, -0.15) is 0 Å². The van der Waals surface area contributed by atoms with E-state index in [1.807, 2.05) is 44.2 Å². The summed E-state index contributed by atoms with van der Waals surface area (Å²) in [5.74, 6) is -0.497. The largest absolute Gasteiger partial charge is 0.296 e. The highest BCUT2D eigenvalue weighted by Gasteiger charge is 2.27. The minimum atomic E-state index is -0.174. The zero-order chi connectivity index (χ0) is 12.0. The Bertz CT molecular complexity index is 365. The number of hydrogen-bond acceptors (Lipinski definition) is 2. The summed E-state index contributed by atoms with van der Waals surface area (Å²) in [6.45, 7) is 4.00. The Labute approximate surface area is 97.3 Å². The van der Waals surface area contributed by atoms with E-state index in [2.05, 4.69) is 5.32 Å². The Morgan fingerprint density at radius 3 is 2.38 bits per heavy atom. The summed E-state index contributed by atoms with van der Waals surface area (Å²) in [6, 6.07) is 9.55. The molecule has 1 N–H and O–H groups in total. The molecule has 1 aliphatic rings. The second-order valence-corrected chi connectivity index (χ2v) is 3.41. The van der Waals surface area contributed by atoms with Gasteiger partial charge in [0.25, 0.3) is 0 Å². The highest BCUT2D eigenvalue weighted by Crippen LogP contribution is 2.23. The fourth-order valence-corrected chi connectivity index (χ4v) is 1.70. The lowest BCUT2D eigenvalue weighted by molar-refractivity contribution is -0.134. The number of nitrogens with one attached hydrogen (secondary N) is 1. The molecule has 3 heteroatoms. The van der Waals surface area contributed by atoms with E-state index in [1.165, 1.54) is 0 Å². The average Bonchev–Trinajstić information content (AvgIpc) is 2.33. The van der Waals surface area contributed by atoms with Crippen LogP contribution in [0.3, 0.4) is 0 Å². The second-order valence-electron chi connectivity index (χ2n) is 3.41. The smallest absolute Gasteiger partial charge is 0.234 e. The summed E-state index contributed by atoms with van der Waals surface area (Å²) < 4.78 is 0. The number of carbonyl (C=O) groups excluding carboxylic acids is 2. The number of piperidine rings is 1. The molecule has 1 aromatic rings. The molecule has 2 rings (SSSR count). The minimum Gasteiger partial charge on any atom is -0.296 e. The van der Waals surface area contributed by atoms with Crippen molar-refractivity contribution in [3.63, 3.8) is 0 Å². The Morgan fingerprint density at radius 2 is 1.81 bits per heavy atom. The van der Waals surface area contributed by atoms with Gasteiger partial charge in [0.2, 0.25) is 11.8 Å². The van der Waals surface area contributed by atoms with Crippen LogP contribution in [0.1, 0.15) is 39.6 Å². The molecule has 2 amide bonds. The van der Waals surface area contributed by atoms with E-state index in [0.29, 0.717) is 12.8 Å². The molecule has 1 aliphatic heterocycles. The van der Waals surface area contributed by atoms with Crippen molar-refractivity contribution >= 4 is 11.8 Å². The average molecular weight is 221 g/mol. The number of imide groups is 1. The summed E-state index contributed by atoms with van der Waals surface area (Å²) >= 11 is 0. The van der Waals surface area contributed by atoms with E-state index in [-0.39, 0.29) is 19.2 Å².